The third kappa shape index (κ3) is 4.37. The van der Waals surface area contributed by atoms with Gasteiger partial charge in [0.15, 0.2) is 5.82 Å². The summed E-state index contributed by atoms with van der Waals surface area (Å²) in [5.41, 5.74) is 1.27. The second kappa shape index (κ2) is 7.51. The van der Waals surface area contributed by atoms with Gasteiger partial charge in [-0.1, -0.05) is 36.4 Å². The van der Waals surface area contributed by atoms with Gasteiger partial charge < -0.3 is 10.6 Å². The van der Waals surface area contributed by atoms with Gasteiger partial charge in [-0.25, -0.2) is 0 Å². The van der Waals surface area contributed by atoms with Crippen LogP contribution in [0, 0.1) is 0 Å². The first-order chi connectivity index (χ1) is 11.3. The zero-order valence-electron chi connectivity index (χ0n) is 12.4. The summed E-state index contributed by atoms with van der Waals surface area (Å²) in [6.45, 7) is 0.777. The van der Waals surface area contributed by atoms with Crippen LogP contribution in [0.25, 0.3) is 0 Å². The number of thiophene rings is 1. The quantitative estimate of drug-likeness (QED) is 0.729. The SMILES string of the molecule is O=C(Nc1ccc(NCCc2ccccc2)nn1)c1cccs1. The second-order valence-corrected chi connectivity index (χ2v) is 5.85. The number of carbonyl (C=O) groups excluding carboxylic acids is 1. The summed E-state index contributed by atoms with van der Waals surface area (Å²) >= 11 is 1.39. The van der Waals surface area contributed by atoms with Gasteiger partial charge in [0.25, 0.3) is 5.91 Å². The van der Waals surface area contributed by atoms with Crippen LogP contribution in [0.1, 0.15) is 15.2 Å². The van der Waals surface area contributed by atoms with E-state index in [1.807, 2.05) is 35.7 Å². The number of carbonyl (C=O) groups is 1. The van der Waals surface area contributed by atoms with Crippen LogP contribution in [0.4, 0.5) is 11.6 Å². The van der Waals surface area contributed by atoms with Crippen molar-refractivity contribution in [1.29, 1.82) is 0 Å². The van der Waals surface area contributed by atoms with Crippen molar-refractivity contribution in [3.05, 3.63) is 70.4 Å². The fourth-order valence-corrected chi connectivity index (χ4v) is 2.68. The second-order valence-electron chi connectivity index (χ2n) is 4.90. The lowest BCUT2D eigenvalue weighted by Crippen LogP contribution is -2.12. The Balaban J connectivity index is 1.50. The Morgan fingerprint density at radius 1 is 0.957 bits per heavy atom. The largest absolute Gasteiger partial charge is 0.368 e. The van der Waals surface area contributed by atoms with E-state index in [0.29, 0.717) is 16.5 Å². The first-order valence-electron chi connectivity index (χ1n) is 7.27. The maximum Gasteiger partial charge on any atom is 0.266 e. The van der Waals surface area contributed by atoms with Crippen LogP contribution in [0.3, 0.4) is 0 Å². The maximum absolute atomic E-state index is 11.9. The molecule has 0 aliphatic carbocycles. The number of hydrogen-bond donors (Lipinski definition) is 2. The average Bonchev–Trinajstić information content (AvgIpc) is 3.12. The van der Waals surface area contributed by atoms with Crippen LogP contribution in [-0.2, 0) is 6.42 Å². The molecule has 0 radical (unpaired) electrons. The third-order valence-electron chi connectivity index (χ3n) is 3.21. The van der Waals surface area contributed by atoms with Gasteiger partial charge in [0.2, 0.25) is 0 Å². The standard InChI is InChI=1S/C17H16N4OS/c22-17(14-7-4-12-23-14)19-16-9-8-15(20-21-16)18-11-10-13-5-2-1-3-6-13/h1-9,12H,10-11H2,(H,18,20)(H,19,21,22). The van der Waals surface area contributed by atoms with Crippen molar-refractivity contribution in [3.8, 4) is 0 Å². The molecule has 0 saturated heterocycles. The van der Waals surface area contributed by atoms with Gasteiger partial charge >= 0.3 is 0 Å². The van der Waals surface area contributed by atoms with Gasteiger partial charge in [-0.3, -0.25) is 4.79 Å². The summed E-state index contributed by atoms with van der Waals surface area (Å²) in [6.07, 6.45) is 0.916. The van der Waals surface area contributed by atoms with Crippen LogP contribution in [-0.4, -0.2) is 22.6 Å². The zero-order chi connectivity index (χ0) is 15.9. The Bertz CT molecular complexity index is 742. The molecule has 1 amide bonds. The molecule has 3 aromatic rings. The van der Waals surface area contributed by atoms with E-state index in [9.17, 15) is 4.79 Å². The predicted molar refractivity (Wildman–Crippen MR) is 92.9 cm³/mol. The van der Waals surface area contributed by atoms with Gasteiger partial charge in [0.1, 0.15) is 5.82 Å². The Hall–Kier alpha value is -2.73. The smallest absolute Gasteiger partial charge is 0.266 e. The van der Waals surface area contributed by atoms with Crippen molar-refractivity contribution in [2.45, 2.75) is 6.42 Å². The van der Waals surface area contributed by atoms with Crippen molar-refractivity contribution < 1.29 is 4.79 Å². The number of nitrogens with zero attached hydrogens (tertiary/aromatic N) is 2. The van der Waals surface area contributed by atoms with Crippen LogP contribution in [0.5, 0.6) is 0 Å². The van der Waals surface area contributed by atoms with Crippen LogP contribution < -0.4 is 10.6 Å². The molecule has 0 spiro atoms. The molecule has 116 valence electrons. The van der Waals surface area contributed by atoms with Gasteiger partial charge in [-0.05, 0) is 35.6 Å². The summed E-state index contributed by atoms with van der Waals surface area (Å²) in [6, 6.07) is 17.4. The fraction of sp³-hybridized carbons (Fsp3) is 0.118. The van der Waals surface area contributed by atoms with Gasteiger partial charge in [0, 0.05) is 6.54 Å². The number of anilines is 2. The molecule has 3 rings (SSSR count). The number of amides is 1. The summed E-state index contributed by atoms with van der Waals surface area (Å²) in [4.78, 5) is 12.6. The molecule has 0 aliphatic heterocycles. The zero-order valence-corrected chi connectivity index (χ0v) is 13.2. The van der Waals surface area contributed by atoms with E-state index in [2.05, 4.69) is 33.0 Å². The van der Waals surface area contributed by atoms with Crippen LogP contribution >= 0.6 is 11.3 Å². The highest BCUT2D eigenvalue weighted by molar-refractivity contribution is 7.12. The summed E-state index contributed by atoms with van der Waals surface area (Å²) in [7, 11) is 0. The van der Waals surface area contributed by atoms with E-state index in [0.717, 1.165) is 13.0 Å². The molecule has 2 aromatic heterocycles. The highest BCUT2D eigenvalue weighted by atomic mass is 32.1. The van der Waals surface area contributed by atoms with Crippen molar-refractivity contribution in [1.82, 2.24) is 10.2 Å². The number of benzene rings is 1. The molecule has 2 N–H and O–H groups in total. The van der Waals surface area contributed by atoms with Crippen molar-refractivity contribution in [2.24, 2.45) is 0 Å². The van der Waals surface area contributed by atoms with E-state index in [4.69, 9.17) is 0 Å². The van der Waals surface area contributed by atoms with Crippen molar-refractivity contribution >= 4 is 28.9 Å². The minimum Gasteiger partial charge on any atom is -0.368 e. The molecule has 0 aliphatic rings. The lowest BCUT2D eigenvalue weighted by molar-refractivity contribution is 0.103. The molecule has 0 atom stereocenters. The molecule has 0 saturated carbocycles. The molecular weight excluding hydrogens is 308 g/mol. The van der Waals surface area contributed by atoms with Gasteiger partial charge in [-0.2, -0.15) is 0 Å². The normalized spacial score (nSPS) is 10.3. The molecular formula is C17H16N4OS. The van der Waals surface area contributed by atoms with Gasteiger partial charge in [0.05, 0.1) is 4.88 Å². The van der Waals surface area contributed by atoms with E-state index in [1.54, 1.807) is 12.1 Å². The van der Waals surface area contributed by atoms with Crippen molar-refractivity contribution in [3.63, 3.8) is 0 Å². The van der Waals surface area contributed by atoms with Crippen LogP contribution in [0.15, 0.2) is 60.0 Å². The molecule has 23 heavy (non-hydrogen) atoms. The number of aromatic nitrogens is 2. The minimum absolute atomic E-state index is 0.168. The lowest BCUT2D eigenvalue weighted by Gasteiger charge is -2.06. The summed E-state index contributed by atoms with van der Waals surface area (Å²) in [5.74, 6) is 0.964. The van der Waals surface area contributed by atoms with E-state index >= 15 is 0 Å². The first-order valence-corrected chi connectivity index (χ1v) is 8.15. The lowest BCUT2D eigenvalue weighted by atomic mass is 10.1. The molecule has 0 fully saturated rings. The van der Waals surface area contributed by atoms with E-state index in [-0.39, 0.29) is 5.91 Å². The minimum atomic E-state index is -0.168. The van der Waals surface area contributed by atoms with Crippen LogP contribution in [0.2, 0.25) is 0 Å². The number of nitrogens with one attached hydrogen (secondary N) is 2. The van der Waals surface area contributed by atoms with E-state index in [1.165, 1.54) is 16.9 Å². The van der Waals surface area contributed by atoms with E-state index < -0.39 is 0 Å². The number of rotatable bonds is 6. The highest BCUT2D eigenvalue weighted by Gasteiger charge is 2.07. The third-order valence-corrected chi connectivity index (χ3v) is 4.08. The average molecular weight is 324 g/mol. The molecule has 1 aromatic carbocycles. The molecule has 0 unspecified atom stereocenters. The fourth-order valence-electron chi connectivity index (χ4n) is 2.06. The number of hydrogen-bond acceptors (Lipinski definition) is 5. The molecule has 2 heterocycles. The molecule has 5 nitrogen and oxygen atoms in total. The predicted octanol–water partition coefficient (Wildman–Crippen LogP) is 3.45. The maximum atomic E-state index is 11.9. The Morgan fingerprint density at radius 3 is 2.43 bits per heavy atom. The Labute approximate surface area is 138 Å². The first kappa shape index (κ1) is 15.2. The molecule has 6 heteroatoms. The van der Waals surface area contributed by atoms with Crippen molar-refractivity contribution in [2.75, 3.05) is 17.2 Å². The monoisotopic (exact) mass is 324 g/mol. The summed E-state index contributed by atoms with van der Waals surface area (Å²) in [5, 5.41) is 15.9. The Kier molecular flexibility index (Phi) is 4.95. The highest BCUT2D eigenvalue weighted by Crippen LogP contribution is 2.12. The topological polar surface area (TPSA) is 66.9 Å². The summed E-state index contributed by atoms with van der Waals surface area (Å²) < 4.78 is 0. The van der Waals surface area contributed by atoms with Gasteiger partial charge in [-0.15, -0.1) is 21.5 Å². The molecule has 0 bridgehead atoms. The Morgan fingerprint density at radius 2 is 1.74 bits per heavy atom.